The van der Waals surface area contributed by atoms with Gasteiger partial charge in [-0.1, -0.05) is 25.4 Å². The Hall–Kier alpha value is -1.33. The summed E-state index contributed by atoms with van der Waals surface area (Å²) in [5.41, 5.74) is 1.94. The van der Waals surface area contributed by atoms with Crippen LogP contribution in [0.25, 0.3) is 6.20 Å². The number of aliphatic hydroxyl groups is 1. The zero-order chi connectivity index (χ0) is 14.0. The maximum absolute atomic E-state index is 9.98. The summed E-state index contributed by atoms with van der Waals surface area (Å²) in [6.45, 7) is 5.84. The molecule has 1 aliphatic rings. The number of allylic oxidation sites excluding steroid dienone is 1. The van der Waals surface area contributed by atoms with E-state index < -0.39 is 6.23 Å². The number of aryl methyl sites for hydroxylation is 1. The van der Waals surface area contributed by atoms with Gasteiger partial charge in [-0.3, -0.25) is 0 Å². The van der Waals surface area contributed by atoms with E-state index in [1.807, 2.05) is 13.8 Å². The highest BCUT2D eigenvalue weighted by Crippen LogP contribution is 2.28. The molecule has 0 amide bonds. The van der Waals surface area contributed by atoms with Crippen molar-refractivity contribution in [2.45, 2.75) is 46.3 Å². The fraction of sp³-hybridized carbons (Fsp3) is 0.538. The van der Waals surface area contributed by atoms with Crippen molar-refractivity contribution in [3.05, 3.63) is 16.3 Å². The van der Waals surface area contributed by atoms with Crippen LogP contribution in [0, 0.1) is 0 Å². The minimum absolute atomic E-state index is 0.501. The number of hydrogen-bond donors (Lipinski definition) is 2. The van der Waals surface area contributed by atoms with Gasteiger partial charge in [0.2, 0.25) is 0 Å². The predicted molar refractivity (Wildman–Crippen MR) is 77.6 cm³/mol. The molecule has 1 aromatic heterocycles. The first-order valence-electron chi connectivity index (χ1n) is 6.51. The summed E-state index contributed by atoms with van der Waals surface area (Å²) in [7, 11) is 0. The molecule has 0 saturated heterocycles. The normalized spacial score (nSPS) is 19.5. The lowest BCUT2D eigenvalue weighted by Crippen LogP contribution is -2.34. The summed E-state index contributed by atoms with van der Waals surface area (Å²) in [6, 6.07) is 0. The fourth-order valence-corrected chi connectivity index (χ4v) is 2.25. The van der Waals surface area contributed by atoms with E-state index in [2.05, 4.69) is 15.4 Å². The molecule has 2 rings (SSSR count). The molecular weight excluding hydrogens is 264 g/mol. The van der Waals surface area contributed by atoms with E-state index in [1.54, 1.807) is 17.8 Å². The second-order valence-electron chi connectivity index (χ2n) is 4.54. The van der Waals surface area contributed by atoms with Crippen molar-refractivity contribution in [2.24, 2.45) is 4.99 Å². The molecule has 19 heavy (non-hydrogen) atoms. The minimum atomic E-state index is -0.621. The SMILES string of the molecule is CCC1=Nc2c(c(CC)nn2/C=C(/C)Cl)CC(O)N1. The highest BCUT2D eigenvalue weighted by atomic mass is 35.5. The summed E-state index contributed by atoms with van der Waals surface area (Å²) in [6.07, 6.45) is 3.15. The molecule has 1 aliphatic heterocycles. The number of halogens is 1. The third-order valence-electron chi connectivity index (χ3n) is 3.01. The highest BCUT2D eigenvalue weighted by Gasteiger charge is 2.22. The summed E-state index contributed by atoms with van der Waals surface area (Å²) in [5.74, 6) is 1.52. The van der Waals surface area contributed by atoms with E-state index in [1.165, 1.54) is 0 Å². The second-order valence-corrected chi connectivity index (χ2v) is 5.14. The van der Waals surface area contributed by atoms with Crippen LogP contribution >= 0.6 is 11.6 Å². The standard InChI is InChI=1S/C13H19ClN4O/c1-4-10-9-6-12(19)15-11(5-2)16-13(9)18(17-10)7-8(3)14/h7,12,19H,4-6H2,1-3H3,(H,15,16)/b8-7-. The van der Waals surface area contributed by atoms with Gasteiger partial charge >= 0.3 is 0 Å². The fourth-order valence-electron chi connectivity index (χ4n) is 2.15. The lowest BCUT2D eigenvalue weighted by molar-refractivity contribution is 0.160. The lowest BCUT2D eigenvalue weighted by Gasteiger charge is -2.11. The quantitative estimate of drug-likeness (QED) is 0.895. The molecule has 0 aromatic carbocycles. The van der Waals surface area contributed by atoms with Crippen LogP contribution in [0.3, 0.4) is 0 Å². The van der Waals surface area contributed by atoms with Gasteiger partial charge in [-0.05, 0) is 13.3 Å². The van der Waals surface area contributed by atoms with Gasteiger partial charge in [0.05, 0.1) is 5.69 Å². The van der Waals surface area contributed by atoms with Crippen molar-refractivity contribution < 1.29 is 5.11 Å². The molecule has 1 unspecified atom stereocenters. The molecule has 1 atom stereocenters. The van der Waals surface area contributed by atoms with Gasteiger partial charge in [0.15, 0.2) is 5.82 Å². The van der Waals surface area contributed by atoms with Crippen molar-refractivity contribution in [3.8, 4) is 0 Å². The average molecular weight is 283 g/mol. The topological polar surface area (TPSA) is 62.4 Å². The van der Waals surface area contributed by atoms with Gasteiger partial charge in [-0.2, -0.15) is 5.10 Å². The first-order valence-corrected chi connectivity index (χ1v) is 6.89. The number of amidine groups is 1. The largest absolute Gasteiger partial charge is 0.373 e. The molecule has 0 fully saturated rings. The molecule has 0 saturated carbocycles. The summed E-state index contributed by atoms with van der Waals surface area (Å²) < 4.78 is 1.70. The van der Waals surface area contributed by atoms with Crippen LogP contribution in [0.15, 0.2) is 10.0 Å². The second kappa shape index (κ2) is 5.75. The van der Waals surface area contributed by atoms with E-state index >= 15 is 0 Å². The summed E-state index contributed by atoms with van der Waals surface area (Å²) in [4.78, 5) is 4.57. The first-order chi connectivity index (χ1) is 9.05. The molecular formula is C13H19ClN4O. The molecule has 6 heteroatoms. The number of fused-ring (bicyclic) bond motifs is 1. The van der Waals surface area contributed by atoms with E-state index in [-0.39, 0.29) is 0 Å². The third kappa shape index (κ3) is 2.98. The van der Waals surface area contributed by atoms with Crippen LogP contribution in [0.2, 0.25) is 0 Å². The molecule has 0 spiro atoms. The number of nitrogens with one attached hydrogen (secondary N) is 1. The first kappa shape index (κ1) is 14.1. The molecule has 0 aliphatic carbocycles. The van der Waals surface area contributed by atoms with Crippen molar-refractivity contribution in [3.63, 3.8) is 0 Å². The molecule has 2 N–H and O–H groups in total. The zero-order valence-electron chi connectivity index (χ0n) is 11.4. The molecule has 0 bridgehead atoms. The molecule has 2 heterocycles. The maximum Gasteiger partial charge on any atom is 0.160 e. The zero-order valence-corrected chi connectivity index (χ0v) is 12.2. The van der Waals surface area contributed by atoms with E-state index in [9.17, 15) is 5.11 Å². The molecule has 1 aromatic rings. The van der Waals surface area contributed by atoms with Crippen LogP contribution in [0.1, 0.15) is 38.4 Å². The molecule has 5 nitrogen and oxygen atoms in total. The molecule has 0 radical (unpaired) electrons. The smallest absolute Gasteiger partial charge is 0.160 e. The Morgan fingerprint density at radius 1 is 1.53 bits per heavy atom. The van der Waals surface area contributed by atoms with Crippen LogP contribution in [-0.4, -0.2) is 27.0 Å². The van der Waals surface area contributed by atoms with Crippen molar-refractivity contribution in [1.82, 2.24) is 15.1 Å². The van der Waals surface area contributed by atoms with E-state index in [0.29, 0.717) is 11.5 Å². The Labute approximate surface area is 118 Å². The number of nitrogens with zero attached hydrogens (tertiary/aromatic N) is 3. The number of hydrogen-bond acceptors (Lipinski definition) is 4. The predicted octanol–water partition coefficient (Wildman–Crippen LogP) is 2.41. The van der Waals surface area contributed by atoms with Gasteiger partial charge in [0.25, 0.3) is 0 Å². The van der Waals surface area contributed by atoms with Gasteiger partial charge in [0.1, 0.15) is 12.1 Å². The van der Waals surface area contributed by atoms with Crippen LogP contribution < -0.4 is 5.32 Å². The van der Waals surface area contributed by atoms with E-state index in [0.717, 1.165) is 35.8 Å². The minimum Gasteiger partial charge on any atom is -0.373 e. The Balaban J connectivity index is 2.59. The summed E-state index contributed by atoms with van der Waals surface area (Å²) in [5, 5.41) is 18.1. The van der Waals surface area contributed by atoms with Crippen LogP contribution in [0.5, 0.6) is 0 Å². The maximum atomic E-state index is 9.98. The molecule has 104 valence electrons. The van der Waals surface area contributed by atoms with Gasteiger partial charge < -0.3 is 10.4 Å². The van der Waals surface area contributed by atoms with E-state index in [4.69, 9.17) is 11.6 Å². The Morgan fingerprint density at radius 3 is 2.84 bits per heavy atom. The number of aromatic nitrogens is 2. The number of rotatable bonds is 3. The Kier molecular flexibility index (Phi) is 4.27. The third-order valence-corrected chi connectivity index (χ3v) is 3.10. The van der Waals surface area contributed by atoms with Crippen molar-refractivity contribution in [1.29, 1.82) is 0 Å². The highest BCUT2D eigenvalue weighted by molar-refractivity contribution is 6.30. The van der Waals surface area contributed by atoms with Gasteiger partial charge in [0, 0.05) is 29.6 Å². The monoisotopic (exact) mass is 282 g/mol. The van der Waals surface area contributed by atoms with Gasteiger partial charge in [-0.25, -0.2) is 9.67 Å². The summed E-state index contributed by atoms with van der Waals surface area (Å²) >= 11 is 5.93. The van der Waals surface area contributed by atoms with Crippen molar-refractivity contribution >= 4 is 29.5 Å². The van der Waals surface area contributed by atoms with Crippen LogP contribution in [0.4, 0.5) is 5.82 Å². The van der Waals surface area contributed by atoms with Gasteiger partial charge in [-0.15, -0.1) is 0 Å². The Morgan fingerprint density at radius 2 is 2.26 bits per heavy atom. The van der Waals surface area contributed by atoms with Crippen LogP contribution in [-0.2, 0) is 12.8 Å². The Bertz CT molecular complexity index is 529. The average Bonchev–Trinajstić information content (AvgIpc) is 2.56. The lowest BCUT2D eigenvalue weighted by atomic mass is 10.1. The number of aliphatic hydroxyl groups excluding tert-OH is 1. The number of aliphatic imine (C=N–C) groups is 1. The van der Waals surface area contributed by atoms with Crippen molar-refractivity contribution in [2.75, 3.05) is 0 Å².